The molecule has 0 aliphatic heterocycles. The van der Waals surface area contributed by atoms with Crippen molar-refractivity contribution in [1.29, 1.82) is 0 Å². The van der Waals surface area contributed by atoms with Crippen LogP contribution in [0.2, 0.25) is 0 Å². The van der Waals surface area contributed by atoms with Gasteiger partial charge in [-0.15, -0.1) is 0 Å². The number of alkyl halides is 1. The van der Waals surface area contributed by atoms with Crippen molar-refractivity contribution in [3.63, 3.8) is 0 Å². The zero-order chi connectivity index (χ0) is 10.8. The highest BCUT2D eigenvalue weighted by molar-refractivity contribution is 9.09. The summed E-state index contributed by atoms with van der Waals surface area (Å²) in [6, 6.07) is 0. The summed E-state index contributed by atoms with van der Waals surface area (Å²) in [6.45, 7) is 9.56. The van der Waals surface area contributed by atoms with Gasteiger partial charge < -0.3 is 0 Å². The van der Waals surface area contributed by atoms with Crippen molar-refractivity contribution in [2.24, 2.45) is 23.2 Å². The average molecular weight is 261 g/mol. The third-order valence-corrected chi connectivity index (χ3v) is 5.61. The predicted octanol–water partition coefficient (Wildman–Crippen LogP) is 4.87. The van der Waals surface area contributed by atoms with Crippen LogP contribution < -0.4 is 0 Å². The quantitative estimate of drug-likeness (QED) is 0.636. The van der Waals surface area contributed by atoms with Gasteiger partial charge in [-0.25, -0.2) is 0 Å². The molecule has 1 aliphatic carbocycles. The van der Waals surface area contributed by atoms with Gasteiger partial charge >= 0.3 is 0 Å². The third-order valence-electron chi connectivity index (χ3n) is 4.16. The van der Waals surface area contributed by atoms with Gasteiger partial charge in [0.2, 0.25) is 0 Å². The monoisotopic (exact) mass is 260 g/mol. The fraction of sp³-hybridized carbons (Fsp3) is 1.00. The number of hydrogen-bond donors (Lipinski definition) is 0. The van der Waals surface area contributed by atoms with Crippen LogP contribution in [-0.2, 0) is 0 Å². The largest absolute Gasteiger partial charge is 0.0922 e. The lowest BCUT2D eigenvalue weighted by Gasteiger charge is -2.39. The second kappa shape index (κ2) is 5.01. The Kier molecular flexibility index (Phi) is 4.49. The van der Waals surface area contributed by atoms with E-state index in [4.69, 9.17) is 0 Å². The van der Waals surface area contributed by atoms with E-state index < -0.39 is 0 Å². The molecule has 0 atom stereocenters. The van der Waals surface area contributed by atoms with Crippen LogP contribution in [0.1, 0.15) is 53.4 Å². The molecule has 0 heterocycles. The van der Waals surface area contributed by atoms with Crippen LogP contribution in [0.4, 0.5) is 0 Å². The molecular formula is C13H25Br. The zero-order valence-corrected chi connectivity index (χ0v) is 11.7. The first-order valence-corrected chi connectivity index (χ1v) is 7.15. The summed E-state index contributed by atoms with van der Waals surface area (Å²) in [5, 5.41) is 1.15. The molecule has 0 radical (unpaired) electrons. The minimum absolute atomic E-state index is 0.502. The van der Waals surface area contributed by atoms with E-state index in [1.54, 1.807) is 0 Å². The highest BCUT2D eigenvalue weighted by atomic mass is 79.9. The Balaban J connectivity index is 2.43. The van der Waals surface area contributed by atoms with Gasteiger partial charge in [-0.3, -0.25) is 0 Å². The Morgan fingerprint density at radius 2 is 1.64 bits per heavy atom. The van der Waals surface area contributed by atoms with Crippen molar-refractivity contribution in [2.45, 2.75) is 53.4 Å². The lowest BCUT2D eigenvalue weighted by molar-refractivity contribution is 0.136. The smallest absolute Gasteiger partial charge is 0.00853 e. The van der Waals surface area contributed by atoms with E-state index in [2.05, 4.69) is 43.6 Å². The molecule has 14 heavy (non-hydrogen) atoms. The maximum absolute atomic E-state index is 3.65. The molecule has 1 rings (SSSR count). The minimum atomic E-state index is 0.502. The Hall–Kier alpha value is 0.480. The molecule has 0 unspecified atom stereocenters. The van der Waals surface area contributed by atoms with Gasteiger partial charge in [0.15, 0.2) is 0 Å². The third kappa shape index (κ3) is 2.98. The lowest BCUT2D eigenvalue weighted by Crippen LogP contribution is -2.30. The van der Waals surface area contributed by atoms with Crippen LogP contribution in [0, 0.1) is 23.2 Å². The van der Waals surface area contributed by atoms with Crippen molar-refractivity contribution in [2.75, 3.05) is 5.33 Å². The summed E-state index contributed by atoms with van der Waals surface area (Å²) in [4.78, 5) is 0. The van der Waals surface area contributed by atoms with Crippen molar-refractivity contribution in [3.8, 4) is 0 Å². The second-order valence-corrected chi connectivity index (χ2v) is 6.54. The first kappa shape index (κ1) is 12.5. The Morgan fingerprint density at radius 3 is 2.00 bits per heavy atom. The van der Waals surface area contributed by atoms with Gasteiger partial charge in [-0.1, -0.05) is 43.6 Å². The van der Waals surface area contributed by atoms with E-state index in [-0.39, 0.29) is 0 Å². The first-order valence-electron chi connectivity index (χ1n) is 6.03. The molecule has 0 N–H and O–H groups in total. The van der Waals surface area contributed by atoms with Crippen LogP contribution in [0.25, 0.3) is 0 Å². The van der Waals surface area contributed by atoms with E-state index in [1.165, 1.54) is 25.7 Å². The highest BCUT2D eigenvalue weighted by Gasteiger charge is 2.32. The van der Waals surface area contributed by atoms with Gasteiger partial charge in [0.25, 0.3) is 0 Å². The normalized spacial score (nSPS) is 29.6. The second-order valence-electron chi connectivity index (χ2n) is 5.98. The number of hydrogen-bond acceptors (Lipinski definition) is 0. The molecule has 1 fully saturated rings. The van der Waals surface area contributed by atoms with Crippen LogP contribution >= 0.6 is 15.9 Å². The van der Waals surface area contributed by atoms with Crippen molar-refractivity contribution in [3.05, 3.63) is 0 Å². The summed E-state index contributed by atoms with van der Waals surface area (Å²) < 4.78 is 0. The molecule has 0 nitrogen and oxygen atoms in total. The summed E-state index contributed by atoms with van der Waals surface area (Å²) in [5.74, 6) is 2.83. The average Bonchev–Trinajstić information content (AvgIpc) is 2.18. The van der Waals surface area contributed by atoms with E-state index >= 15 is 0 Å². The molecule has 84 valence electrons. The van der Waals surface area contributed by atoms with Gasteiger partial charge in [0.1, 0.15) is 0 Å². The molecule has 0 saturated heterocycles. The number of rotatable bonds is 3. The van der Waals surface area contributed by atoms with Crippen LogP contribution in [0.5, 0.6) is 0 Å². The van der Waals surface area contributed by atoms with Gasteiger partial charge in [0.05, 0.1) is 0 Å². The molecule has 0 aromatic rings. The van der Waals surface area contributed by atoms with E-state index in [1.807, 2.05) is 0 Å². The Labute approximate surface area is 98.0 Å². The van der Waals surface area contributed by atoms with Crippen LogP contribution in [0.15, 0.2) is 0 Å². The Morgan fingerprint density at radius 1 is 1.14 bits per heavy atom. The van der Waals surface area contributed by atoms with E-state index in [0.29, 0.717) is 5.41 Å². The SMILES string of the molecule is CC(C)C1CCC(C(C)(C)CBr)CC1. The van der Waals surface area contributed by atoms with Gasteiger partial charge in [0, 0.05) is 5.33 Å². The lowest BCUT2D eigenvalue weighted by atomic mass is 9.68. The van der Waals surface area contributed by atoms with Crippen molar-refractivity contribution < 1.29 is 0 Å². The minimum Gasteiger partial charge on any atom is -0.0922 e. The molecule has 1 heteroatoms. The highest BCUT2D eigenvalue weighted by Crippen LogP contribution is 2.42. The van der Waals surface area contributed by atoms with Gasteiger partial charge in [-0.05, 0) is 48.9 Å². The molecule has 1 saturated carbocycles. The summed E-state index contributed by atoms with van der Waals surface area (Å²) >= 11 is 3.65. The van der Waals surface area contributed by atoms with Crippen molar-refractivity contribution >= 4 is 15.9 Å². The molecule has 0 spiro atoms. The Bertz CT molecular complexity index is 164. The van der Waals surface area contributed by atoms with E-state index in [9.17, 15) is 0 Å². The van der Waals surface area contributed by atoms with Crippen LogP contribution in [-0.4, -0.2) is 5.33 Å². The van der Waals surface area contributed by atoms with Gasteiger partial charge in [-0.2, -0.15) is 0 Å². The molecule has 0 aromatic heterocycles. The summed E-state index contributed by atoms with van der Waals surface area (Å²) in [5.41, 5.74) is 0.502. The fourth-order valence-corrected chi connectivity index (χ4v) is 3.13. The zero-order valence-electron chi connectivity index (χ0n) is 10.1. The first-order chi connectivity index (χ1) is 6.47. The molecule has 1 aliphatic rings. The molecule has 0 amide bonds. The van der Waals surface area contributed by atoms with E-state index in [0.717, 1.165) is 23.1 Å². The number of halogens is 1. The summed E-state index contributed by atoms with van der Waals surface area (Å²) in [6.07, 6.45) is 5.81. The van der Waals surface area contributed by atoms with Crippen molar-refractivity contribution in [1.82, 2.24) is 0 Å². The maximum Gasteiger partial charge on any atom is 0.00853 e. The topological polar surface area (TPSA) is 0 Å². The molecule has 0 aromatic carbocycles. The van der Waals surface area contributed by atoms with Crippen LogP contribution in [0.3, 0.4) is 0 Å². The maximum atomic E-state index is 3.65. The molecular weight excluding hydrogens is 236 g/mol. The standard InChI is InChI=1S/C13H25Br/c1-10(2)11-5-7-12(8-6-11)13(3,4)9-14/h10-12H,5-9H2,1-4H3. The predicted molar refractivity (Wildman–Crippen MR) is 67.9 cm³/mol. The fourth-order valence-electron chi connectivity index (χ4n) is 2.68. The summed E-state index contributed by atoms with van der Waals surface area (Å²) in [7, 11) is 0. The molecule has 0 bridgehead atoms.